The van der Waals surface area contributed by atoms with Crippen LogP contribution in [-0.4, -0.2) is 29.7 Å². The maximum Gasteiger partial charge on any atom is 0.410 e. The quantitative estimate of drug-likeness (QED) is 0.665. The molecule has 1 rings (SSSR count). The predicted molar refractivity (Wildman–Crippen MR) is 74.7 cm³/mol. The molecule has 0 N–H and O–H groups in total. The van der Waals surface area contributed by atoms with Gasteiger partial charge in [0.2, 0.25) is 0 Å². The Morgan fingerprint density at radius 1 is 1.17 bits per heavy atom. The molecule has 3 heteroatoms. The lowest BCUT2D eigenvalue weighted by Crippen LogP contribution is -2.51. The molecule has 0 saturated carbocycles. The number of amides is 1. The van der Waals surface area contributed by atoms with E-state index in [9.17, 15) is 4.79 Å². The zero-order valence-electron chi connectivity index (χ0n) is 12.5. The molecule has 1 amide bonds. The second kappa shape index (κ2) is 7.01. The van der Waals surface area contributed by atoms with Gasteiger partial charge in [-0.15, -0.1) is 0 Å². The Labute approximate surface area is 112 Å². The normalized spacial score (nSPS) is 16.6. The fraction of sp³-hybridized carbons (Fsp3) is 0.933. The number of hydrogen-bond donors (Lipinski definition) is 0. The van der Waals surface area contributed by atoms with Gasteiger partial charge in [0.15, 0.2) is 0 Å². The van der Waals surface area contributed by atoms with Crippen LogP contribution in [0.2, 0.25) is 0 Å². The highest BCUT2D eigenvalue weighted by Crippen LogP contribution is 2.24. The Morgan fingerprint density at radius 2 is 1.78 bits per heavy atom. The minimum absolute atomic E-state index is 0.148. The molecule has 3 nitrogen and oxygen atoms in total. The zero-order valence-corrected chi connectivity index (χ0v) is 12.5. The molecule has 0 atom stereocenters. The molecule has 0 radical (unpaired) electrons. The summed E-state index contributed by atoms with van der Waals surface area (Å²) in [6, 6.07) is 0. The lowest BCUT2D eigenvalue weighted by molar-refractivity contribution is -0.00242. The molecular formula is C15H29NO2. The molecule has 1 heterocycles. The number of unbranched alkanes of at least 4 members (excludes halogenated alkanes) is 4. The van der Waals surface area contributed by atoms with E-state index >= 15 is 0 Å². The van der Waals surface area contributed by atoms with Crippen LogP contribution < -0.4 is 0 Å². The number of rotatable bonds is 6. The summed E-state index contributed by atoms with van der Waals surface area (Å²) in [5.74, 6) is 0.708. The van der Waals surface area contributed by atoms with Gasteiger partial charge in [0, 0.05) is 13.1 Å². The average molecular weight is 255 g/mol. The van der Waals surface area contributed by atoms with Crippen molar-refractivity contribution in [2.45, 2.75) is 71.8 Å². The molecule has 0 bridgehead atoms. The van der Waals surface area contributed by atoms with Crippen LogP contribution in [0.5, 0.6) is 0 Å². The van der Waals surface area contributed by atoms with E-state index in [4.69, 9.17) is 4.74 Å². The number of likely N-dealkylation sites (tertiary alicyclic amines) is 1. The van der Waals surface area contributed by atoms with E-state index in [-0.39, 0.29) is 11.7 Å². The van der Waals surface area contributed by atoms with E-state index in [0.717, 1.165) is 13.1 Å². The van der Waals surface area contributed by atoms with Crippen molar-refractivity contribution in [1.29, 1.82) is 0 Å². The third-order valence-electron chi connectivity index (χ3n) is 3.32. The molecule has 0 unspecified atom stereocenters. The summed E-state index contributed by atoms with van der Waals surface area (Å²) in [5.41, 5.74) is -0.373. The van der Waals surface area contributed by atoms with E-state index in [1.165, 1.54) is 38.5 Å². The van der Waals surface area contributed by atoms with E-state index in [0.29, 0.717) is 5.92 Å². The van der Waals surface area contributed by atoms with Gasteiger partial charge in [-0.05, 0) is 33.1 Å². The SMILES string of the molecule is CCCCCCCC1CN(C(=O)OC(C)(C)C)C1. The predicted octanol–water partition coefficient (Wildman–Crippen LogP) is 4.21. The minimum Gasteiger partial charge on any atom is -0.444 e. The Bertz CT molecular complexity index is 252. The van der Waals surface area contributed by atoms with E-state index in [2.05, 4.69) is 6.92 Å². The highest BCUT2D eigenvalue weighted by atomic mass is 16.6. The molecule has 18 heavy (non-hydrogen) atoms. The molecule has 106 valence electrons. The van der Waals surface area contributed by atoms with Gasteiger partial charge in [-0.3, -0.25) is 0 Å². The monoisotopic (exact) mass is 255 g/mol. The first-order valence-corrected chi connectivity index (χ1v) is 7.40. The number of hydrogen-bond acceptors (Lipinski definition) is 2. The maximum absolute atomic E-state index is 11.7. The first-order chi connectivity index (χ1) is 8.42. The van der Waals surface area contributed by atoms with Crippen molar-refractivity contribution in [1.82, 2.24) is 4.90 Å². The Kier molecular flexibility index (Phi) is 5.97. The maximum atomic E-state index is 11.7. The smallest absolute Gasteiger partial charge is 0.410 e. The average Bonchev–Trinajstić information content (AvgIpc) is 2.17. The van der Waals surface area contributed by atoms with Gasteiger partial charge >= 0.3 is 6.09 Å². The third-order valence-corrected chi connectivity index (χ3v) is 3.32. The van der Waals surface area contributed by atoms with E-state index in [1.54, 1.807) is 0 Å². The minimum atomic E-state index is -0.373. The van der Waals surface area contributed by atoms with Crippen molar-refractivity contribution in [3.63, 3.8) is 0 Å². The third kappa shape index (κ3) is 5.74. The molecule has 0 aliphatic carbocycles. The van der Waals surface area contributed by atoms with Crippen molar-refractivity contribution in [2.24, 2.45) is 5.92 Å². The van der Waals surface area contributed by atoms with Gasteiger partial charge in [0.05, 0.1) is 0 Å². The van der Waals surface area contributed by atoms with Crippen LogP contribution in [0.1, 0.15) is 66.2 Å². The molecule has 0 aromatic heterocycles. The van der Waals surface area contributed by atoms with Gasteiger partial charge in [0.1, 0.15) is 5.60 Å². The number of nitrogens with zero attached hydrogens (tertiary/aromatic N) is 1. The Balaban J connectivity index is 2.04. The van der Waals surface area contributed by atoms with Crippen molar-refractivity contribution in [3.05, 3.63) is 0 Å². The molecule has 1 fully saturated rings. The summed E-state index contributed by atoms with van der Waals surface area (Å²) >= 11 is 0. The summed E-state index contributed by atoms with van der Waals surface area (Å²) in [6.07, 6.45) is 7.79. The lowest BCUT2D eigenvalue weighted by Gasteiger charge is -2.39. The Hall–Kier alpha value is -0.730. The highest BCUT2D eigenvalue weighted by molar-refractivity contribution is 5.69. The van der Waals surface area contributed by atoms with E-state index < -0.39 is 0 Å². The number of ether oxygens (including phenoxy) is 1. The van der Waals surface area contributed by atoms with E-state index in [1.807, 2.05) is 25.7 Å². The van der Waals surface area contributed by atoms with Crippen LogP contribution in [0, 0.1) is 5.92 Å². The van der Waals surface area contributed by atoms with Crippen LogP contribution in [0.15, 0.2) is 0 Å². The van der Waals surface area contributed by atoms with Crippen LogP contribution in [0.25, 0.3) is 0 Å². The van der Waals surface area contributed by atoms with Crippen molar-refractivity contribution >= 4 is 6.09 Å². The van der Waals surface area contributed by atoms with Crippen LogP contribution in [0.4, 0.5) is 4.79 Å². The fourth-order valence-electron chi connectivity index (χ4n) is 2.26. The Morgan fingerprint density at radius 3 is 2.33 bits per heavy atom. The number of carbonyl (C=O) groups is 1. The summed E-state index contributed by atoms with van der Waals surface area (Å²) < 4.78 is 5.33. The number of carbonyl (C=O) groups excluding carboxylic acids is 1. The molecular weight excluding hydrogens is 226 g/mol. The van der Waals surface area contributed by atoms with Gasteiger partial charge in [-0.25, -0.2) is 4.79 Å². The first-order valence-electron chi connectivity index (χ1n) is 7.40. The highest BCUT2D eigenvalue weighted by Gasteiger charge is 2.32. The zero-order chi connectivity index (χ0) is 13.6. The molecule has 1 aliphatic heterocycles. The van der Waals surface area contributed by atoms with Crippen LogP contribution in [-0.2, 0) is 4.74 Å². The van der Waals surface area contributed by atoms with Crippen LogP contribution in [0.3, 0.4) is 0 Å². The molecule has 0 aromatic carbocycles. The summed E-state index contributed by atoms with van der Waals surface area (Å²) in [5, 5.41) is 0. The van der Waals surface area contributed by atoms with Crippen molar-refractivity contribution in [2.75, 3.05) is 13.1 Å². The standard InChI is InChI=1S/C15H29NO2/c1-5-6-7-8-9-10-13-11-16(12-13)14(17)18-15(2,3)4/h13H,5-12H2,1-4H3. The first kappa shape index (κ1) is 15.3. The van der Waals surface area contributed by atoms with Gasteiger partial charge in [-0.1, -0.05) is 39.0 Å². The van der Waals surface area contributed by atoms with Gasteiger partial charge < -0.3 is 9.64 Å². The second-order valence-corrected chi connectivity index (χ2v) is 6.45. The van der Waals surface area contributed by atoms with Crippen LogP contribution >= 0.6 is 0 Å². The summed E-state index contributed by atoms with van der Waals surface area (Å²) in [7, 11) is 0. The lowest BCUT2D eigenvalue weighted by atomic mass is 9.93. The van der Waals surface area contributed by atoms with Crippen molar-refractivity contribution < 1.29 is 9.53 Å². The second-order valence-electron chi connectivity index (χ2n) is 6.45. The summed E-state index contributed by atoms with van der Waals surface area (Å²) in [6.45, 7) is 9.76. The summed E-state index contributed by atoms with van der Waals surface area (Å²) in [4.78, 5) is 13.5. The van der Waals surface area contributed by atoms with Gasteiger partial charge in [-0.2, -0.15) is 0 Å². The topological polar surface area (TPSA) is 29.5 Å². The molecule has 0 spiro atoms. The van der Waals surface area contributed by atoms with Crippen molar-refractivity contribution in [3.8, 4) is 0 Å². The molecule has 0 aromatic rings. The molecule has 1 aliphatic rings. The molecule has 1 saturated heterocycles. The van der Waals surface area contributed by atoms with Gasteiger partial charge in [0.25, 0.3) is 0 Å². The fourth-order valence-corrected chi connectivity index (χ4v) is 2.26. The largest absolute Gasteiger partial charge is 0.444 e.